The summed E-state index contributed by atoms with van der Waals surface area (Å²) in [6.07, 6.45) is 2.33. The molecule has 166 valence electrons. The van der Waals surface area contributed by atoms with E-state index in [2.05, 4.69) is 15.1 Å². The van der Waals surface area contributed by atoms with Gasteiger partial charge in [-0.3, -0.25) is 9.10 Å². The second kappa shape index (κ2) is 8.46. The normalized spacial score (nSPS) is 11.6. The average Bonchev–Trinajstić information content (AvgIpc) is 3.22. The Kier molecular flexibility index (Phi) is 5.70. The number of hydrogen-bond acceptors (Lipinski definition) is 6. The zero-order valence-corrected chi connectivity index (χ0v) is 18.8. The Morgan fingerprint density at radius 1 is 1.16 bits per heavy atom. The van der Waals surface area contributed by atoms with Crippen molar-refractivity contribution < 1.29 is 13.2 Å². The van der Waals surface area contributed by atoms with Crippen LogP contribution in [0.2, 0.25) is 0 Å². The molecule has 0 aliphatic rings. The smallest absolute Gasteiger partial charge is 0.264 e. The molecule has 0 saturated heterocycles. The molecule has 0 spiro atoms. The van der Waals surface area contributed by atoms with E-state index in [-0.39, 0.29) is 16.3 Å². The van der Waals surface area contributed by atoms with E-state index in [1.54, 1.807) is 48.2 Å². The Bertz CT molecular complexity index is 1420. The predicted molar refractivity (Wildman–Crippen MR) is 122 cm³/mol. The third-order valence-corrected chi connectivity index (χ3v) is 6.92. The van der Waals surface area contributed by atoms with Gasteiger partial charge < -0.3 is 9.72 Å². The van der Waals surface area contributed by atoms with Crippen LogP contribution in [0.1, 0.15) is 13.3 Å². The lowest BCUT2D eigenvalue weighted by molar-refractivity contribution is 0.415. The molecule has 2 aromatic carbocycles. The lowest BCUT2D eigenvalue weighted by Crippen LogP contribution is -2.26. The van der Waals surface area contributed by atoms with Gasteiger partial charge in [0.15, 0.2) is 5.65 Å². The van der Waals surface area contributed by atoms with Crippen LogP contribution in [-0.4, -0.2) is 42.3 Å². The fourth-order valence-corrected chi connectivity index (χ4v) is 4.61. The van der Waals surface area contributed by atoms with Crippen LogP contribution in [-0.2, 0) is 16.6 Å². The van der Waals surface area contributed by atoms with E-state index in [1.807, 2.05) is 6.92 Å². The second-order valence-electron chi connectivity index (χ2n) is 7.22. The highest BCUT2D eigenvalue weighted by molar-refractivity contribution is 7.92. The molecule has 4 rings (SSSR count). The number of methoxy groups -OCH3 is 1. The van der Waals surface area contributed by atoms with Crippen molar-refractivity contribution >= 4 is 26.7 Å². The van der Waals surface area contributed by atoms with Crippen LogP contribution in [0.25, 0.3) is 22.4 Å². The van der Waals surface area contributed by atoms with Gasteiger partial charge in [-0.25, -0.2) is 18.1 Å². The highest BCUT2D eigenvalue weighted by Gasteiger charge is 2.22. The lowest BCUT2D eigenvalue weighted by atomic mass is 10.2. The number of benzene rings is 2. The third kappa shape index (κ3) is 3.84. The van der Waals surface area contributed by atoms with E-state index in [1.165, 1.54) is 29.7 Å². The summed E-state index contributed by atoms with van der Waals surface area (Å²) in [5.41, 5.74) is 1.12. The van der Waals surface area contributed by atoms with Crippen LogP contribution < -0.4 is 14.6 Å². The summed E-state index contributed by atoms with van der Waals surface area (Å²) in [7, 11) is -0.813. The minimum atomic E-state index is -3.85. The molecule has 2 aromatic heterocycles. The van der Waals surface area contributed by atoms with Crippen molar-refractivity contribution in [3.05, 3.63) is 65.1 Å². The maximum atomic E-state index is 13.2. The number of anilines is 1. The molecule has 0 saturated carbocycles. The molecule has 0 amide bonds. The first-order valence-electron chi connectivity index (χ1n) is 10.0. The number of fused-ring (bicyclic) bond motifs is 1. The van der Waals surface area contributed by atoms with Gasteiger partial charge >= 0.3 is 0 Å². The van der Waals surface area contributed by atoms with E-state index >= 15 is 0 Å². The van der Waals surface area contributed by atoms with Crippen molar-refractivity contribution in [2.75, 3.05) is 18.5 Å². The number of aromatic amines is 1. The van der Waals surface area contributed by atoms with Crippen LogP contribution in [0, 0.1) is 0 Å². The number of aromatic nitrogens is 4. The molecule has 4 aromatic rings. The molecule has 0 atom stereocenters. The number of rotatable bonds is 7. The van der Waals surface area contributed by atoms with E-state index in [9.17, 15) is 13.2 Å². The highest BCUT2D eigenvalue weighted by atomic mass is 32.2. The summed E-state index contributed by atoms with van der Waals surface area (Å²) < 4.78 is 34.5. The molecule has 0 bridgehead atoms. The van der Waals surface area contributed by atoms with E-state index in [0.29, 0.717) is 34.6 Å². The predicted octanol–water partition coefficient (Wildman–Crippen LogP) is 3.03. The third-order valence-electron chi connectivity index (χ3n) is 5.14. The van der Waals surface area contributed by atoms with Crippen LogP contribution in [0.15, 0.2) is 64.4 Å². The Labute approximate surface area is 185 Å². The van der Waals surface area contributed by atoms with Crippen molar-refractivity contribution in [3.63, 3.8) is 0 Å². The maximum Gasteiger partial charge on any atom is 0.264 e. The van der Waals surface area contributed by atoms with Crippen LogP contribution in [0.3, 0.4) is 0 Å². The van der Waals surface area contributed by atoms with Gasteiger partial charge in [0.1, 0.15) is 17.0 Å². The largest absolute Gasteiger partial charge is 0.497 e. The van der Waals surface area contributed by atoms with Crippen molar-refractivity contribution in [1.82, 2.24) is 19.7 Å². The summed E-state index contributed by atoms with van der Waals surface area (Å²) in [4.78, 5) is 19.9. The topological polar surface area (TPSA) is 110 Å². The van der Waals surface area contributed by atoms with Gasteiger partial charge in [-0.05, 0) is 42.8 Å². The fraction of sp³-hybridized carbons (Fsp3) is 0.227. The van der Waals surface area contributed by atoms with Gasteiger partial charge in [-0.2, -0.15) is 5.10 Å². The number of nitrogens with zero attached hydrogens (tertiary/aromatic N) is 4. The minimum absolute atomic E-state index is 0.0816. The van der Waals surface area contributed by atoms with Crippen LogP contribution in [0.4, 0.5) is 5.69 Å². The van der Waals surface area contributed by atoms with Crippen molar-refractivity contribution in [2.24, 2.45) is 0 Å². The van der Waals surface area contributed by atoms with Gasteiger partial charge in [0, 0.05) is 19.2 Å². The van der Waals surface area contributed by atoms with E-state index in [4.69, 9.17) is 4.74 Å². The molecule has 10 heteroatoms. The van der Waals surface area contributed by atoms with Gasteiger partial charge in [-0.1, -0.05) is 19.1 Å². The molecule has 0 fully saturated rings. The van der Waals surface area contributed by atoms with Crippen LogP contribution in [0.5, 0.6) is 5.75 Å². The molecule has 0 radical (unpaired) electrons. The van der Waals surface area contributed by atoms with Gasteiger partial charge in [0.25, 0.3) is 15.6 Å². The Morgan fingerprint density at radius 3 is 2.59 bits per heavy atom. The SMILES string of the molecule is CCCn1ncc2c(=O)[nH]c(-c3cccc(S(=O)(=O)N(C)c4ccc(OC)cc4)c3)nc21. The maximum absolute atomic E-state index is 13.2. The van der Waals surface area contributed by atoms with E-state index < -0.39 is 10.0 Å². The monoisotopic (exact) mass is 453 g/mol. The molecular formula is C22H23N5O4S. The number of H-pyrrole nitrogens is 1. The number of ether oxygens (including phenoxy) is 1. The first-order valence-corrected chi connectivity index (χ1v) is 11.5. The molecule has 32 heavy (non-hydrogen) atoms. The standard InChI is InChI=1S/C22H23N5O4S/c1-4-12-27-21-19(14-23-27)22(28)25-20(24-21)15-6-5-7-18(13-15)32(29,30)26(2)16-8-10-17(31-3)11-9-16/h5-11,13-14H,4,12H2,1-3H3,(H,24,25,28). The van der Waals surface area contributed by atoms with Crippen molar-refractivity contribution in [3.8, 4) is 17.1 Å². The summed E-state index contributed by atoms with van der Waals surface area (Å²) in [5, 5.41) is 4.62. The molecule has 1 N–H and O–H groups in total. The zero-order chi connectivity index (χ0) is 22.9. The molecule has 0 aliphatic heterocycles. The Balaban J connectivity index is 1.74. The summed E-state index contributed by atoms with van der Waals surface area (Å²) in [6, 6.07) is 13.1. The van der Waals surface area contributed by atoms with Crippen LogP contribution >= 0.6 is 0 Å². The van der Waals surface area contributed by atoms with Crippen molar-refractivity contribution in [1.29, 1.82) is 0 Å². The molecule has 2 heterocycles. The first-order chi connectivity index (χ1) is 15.3. The summed E-state index contributed by atoms with van der Waals surface area (Å²) >= 11 is 0. The average molecular weight is 454 g/mol. The number of nitrogens with one attached hydrogen (secondary N) is 1. The van der Waals surface area contributed by atoms with Crippen molar-refractivity contribution in [2.45, 2.75) is 24.8 Å². The second-order valence-corrected chi connectivity index (χ2v) is 9.19. The van der Waals surface area contributed by atoms with Gasteiger partial charge in [-0.15, -0.1) is 0 Å². The quantitative estimate of drug-likeness (QED) is 0.461. The summed E-state index contributed by atoms with van der Waals surface area (Å²) in [5.74, 6) is 0.916. The summed E-state index contributed by atoms with van der Waals surface area (Å²) in [6.45, 7) is 2.63. The molecule has 9 nitrogen and oxygen atoms in total. The van der Waals surface area contributed by atoms with E-state index in [0.717, 1.165) is 6.42 Å². The highest BCUT2D eigenvalue weighted by Crippen LogP contribution is 2.26. The Hall–Kier alpha value is -3.66. The first kappa shape index (κ1) is 21.6. The molecule has 0 aliphatic carbocycles. The lowest BCUT2D eigenvalue weighted by Gasteiger charge is -2.20. The zero-order valence-electron chi connectivity index (χ0n) is 17.9. The number of sulfonamides is 1. The molecule has 0 unspecified atom stereocenters. The Morgan fingerprint density at radius 2 is 1.91 bits per heavy atom. The number of aryl methyl sites for hydroxylation is 1. The molecular weight excluding hydrogens is 430 g/mol. The fourth-order valence-electron chi connectivity index (χ4n) is 3.37. The number of hydrogen-bond donors (Lipinski definition) is 1. The van der Waals surface area contributed by atoms with Gasteiger partial charge in [0.2, 0.25) is 0 Å². The minimum Gasteiger partial charge on any atom is -0.497 e. The van der Waals surface area contributed by atoms with Gasteiger partial charge in [0.05, 0.1) is 23.9 Å².